The van der Waals surface area contributed by atoms with Gasteiger partial charge in [0, 0.05) is 12.6 Å². The zero-order valence-electron chi connectivity index (χ0n) is 10.6. The highest BCUT2D eigenvalue weighted by Gasteiger charge is 2.15. The molecule has 1 aromatic heterocycles. The van der Waals surface area contributed by atoms with Gasteiger partial charge >= 0.3 is 0 Å². The molecule has 0 aliphatic rings. The number of nitrogen functional groups attached to an aromatic ring is 1. The minimum Gasteiger partial charge on any atom is -0.397 e. The van der Waals surface area contributed by atoms with Crippen LogP contribution in [0, 0.1) is 11.3 Å². The molecule has 6 heteroatoms. The number of nitrogens with zero attached hydrogens (tertiary/aromatic N) is 3. The topological polar surface area (TPSA) is 109 Å². The van der Waals surface area contributed by atoms with Gasteiger partial charge in [-0.1, -0.05) is 0 Å². The summed E-state index contributed by atoms with van der Waals surface area (Å²) in [6.45, 7) is 4.52. The lowest BCUT2D eigenvalue weighted by Gasteiger charge is -2.27. The third-order valence-corrected chi connectivity index (χ3v) is 2.57. The van der Waals surface area contributed by atoms with E-state index in [1.165, 1.54) is 6.20 Å². The fourth-order valence-electron chi connectivity index (χ4n) is 1.63. The summed E-state index contributed by atoms with van der Waals surface area (Å²) < 4.78 is 0. The number of rotatable bonds is 5. The molecule has 1 amide bonds. The molecule has 1 rings (SSSR count). The molecular formula is C12H17N5O. The van der Waals surface area contributed by atoms with Crippen molar-refractivity contribution in [3.8, 4) is 6.07 Å². The summed E-state index contributed by atoms with van der Waals surface area (Å²) in [4.78, 5) is 17.3. The SMILES string of the molecule is CC(C)N(CCC#N)c1cc(C(N)=O)c(N)cn1. The summed E-state index contributed by atoms with van der Waals surface area (Å²) in [5.41, 5.74) is 11.4. The van der Waals surface area contributed by atoms with Gasteiger partial charge < -0.3 is 16.4 Å². The summed E-state index contributed by atoms with van der Waals surface area (Å²) >= 11 is 0. The summed E-state index contributed by atoms with van der Waals surface area (Å²) in [6, 6.07) is 3.81. The van der Waals surface area contributed by atoms with E-state index in [0.717, 1.165) is 0 Å². The average molecular weight is 247 g/mol. The molecule has 0 saturated carbocycles. The number of carbonyl (C=O) groups excluding carboxylic acids is 1. The Hall–Kier alpha value is -2.29. The van der Waals surface area contributed by atoms with E-state index in [0.29, 0.717) is 18.8 Å². The maximum Gasteiger partial charge on any atom is 0.250 e. The number of amides is 1. The zero-order valence-corrected chi connectivity index (χ0v) is 10.6. The Morgan fingerprint density at radius 1 is 1.61 bits per heavy atom. The van der Waals surface area contributed by atoms with E-state index < -0.39 is 5.91 Å². The Morgan fingerprint density at radius 2 is 2.28 bits per heavy atom. The Labute approximate surface area is 106 Å². The maximum atomic E-state index is 11.2. The Balaban J connectivity index is 3.09. The summed E-state index contributed by atoms with van der Waals surface area (Å²) in [7, 11) is 0. The van der Waals surface area contributed by atoms with Gasteiger partial charge in [0.15, 0.2) is 0 Å². The minimum absolute atomic E-state index is 0.162. The number of pyridine rings is 1. The molecule has 0 fully saturated rings. The number of aromatic nitrogens is 1. The lowest BCUT2D eigenvalue weighted by molar-refractivity contribution is 0.100. The monoisotopic (exact) mass is 247 g/mol. The molecule has 1 aromatic rings. The van der Waals surface area contributed by atoms with Gasteiger partial charge in [0.1, 0.15) is 5.82 Å². The molecule has 96 valence electrons. The van der Waals surface area contributed by atoms with Crippen LogP contribution in [-0.2, 0) is 0 Å². The molecule has 0 aromatic carbocycles. The highest BCUT2D eigenvalue weighted by molar-refractivity contribution is 5.98. The van der Waals surface area contributed by atoms with Crippen LogP contribution >= 0.6 is 0 Å². The van der Waals surface area contributed by atoms with Gasteiger partial charge in [-0.2, -0.15) is 5.26 Å². The first kappa shape index (κ1) is 13.8. The van der Waals surface area contributed by atoms with Gasteiger partial charge in [-0.3, -0.25) is 4.79 Å². The molecule has 4 N–H and O–H groups in total. The minimum atomic E-state index is -0.583. The third-order valence-electron chi connectivity index (χ3n) is 2.57. The van der Waals surface area contributed by atoms with Crippen LogP contribution in [0.5, 0.6) is 0 Å². The lowest BCUT2D eigenvalue weighted by atomic mass is 10.2. The number of primary amides is 1. The number of hydrogen-bond donors (Lipinski definition) is 2. The quantitative estimate of drug-likeness (QED) is 0.803. The number of hydrogen-bond acceptors (Lipinski definition) is 5. The van der Waals surface area contributed by atoms with Crippen LogP contribution in [0.4, 0.5) is 11.5 Å². The predicted molar refractivity (Wildman–Crippen MR) is 69.9 cm³/mol. The van der Waals surface area contributed by atoms with Crippen molar-refractivity contribution in [3.05, 3.63) is 17.8 Å². The van der Waals surface area contributed by atoms with Crippen molar-refractivity contribution in [3.63, 3.8) is 0 Å². The Kier molecular flexibility index (Phi) is 4.49. The first-order chi connectivity index (χ1) is 8.47. The Bertz CT molecular complexity index is 478. The molecule has 0 saturated heterocycles. The van der Waals surface area contributed by atoms with E-state index in [2.05, 4.69) is 11.1 Å². The van der Waals surface area contributed by atoms with Crippen LogP contribution in [0.3, 0.4) is 0 Å². The van der Waals surface area contributed by atoms with Crippen molar-refractivity contribution >= 4 is 17.4 Å². The van der Waals surface area contributed by atoms with Gasteiger partial charge in [0.2, 0.25) is 0 Å². The molecular weight excluding hydrogens is 230 g/mol. The van der Waals surface area contributed by atoms with E-state index in [-0.39, 0.29) is 17.3 Å². The molecule has 0 atom stereocenters. The molecule has 0 aliphatic heterocycles. The standard InChI is InChI=1S/C12H17N5O/c1-8(2)17(5-3-4-13)11-6-9(12(15)18)10(14)7-16-11/h6-8H,3,5,14H2,1-2H3,(H2,15,18). The first-order valence-corrected chi connectivity index (χ1v) is 5.66. The second-order valence-electron chi connectivity index (χ2n) is 4.19. The van der Waals surface area contributed by atoms with E-state index in [4.69, 9.17) is 16.7 Å². The molecule has 6 nitrogen and oxygen atoms in total. The Morgan fingerprint density at radius 3 is 2.78 bits per heavy atom. The van der Waals surface area contributed by atoms with Crippen LogP contribution in [0.25, 0.3) is 0 Å². The van der Waals surface area contributed by atoms with Gasteiger partial charge in [-0.25, -0.2) is 4.98 Å². The number of nitrogens with two attached hydrogens (primary N) is 2. The number of nitriles is 1. The zero-order chi connectivity index (χ0) is 13.7. The molecule has 0 aliphatic carbocycles. The highest BCUT2D eigenvalue weighted by atomic mass is 16.1. The highest BCUT2D eigenvalue weighted by Crippen LogP contribution is 2.19. The molecule has 0 radical (unpaired) electrons. The van der Waals surface area contributed by atoms with Crippen molar-refractivity contribution in [1.29, 1.82) is 5.26 Å². The van der Waals surface area contributed by atoms with Crippen molar-refractivity contribution in [2.45, 2.75) is 26.3 Å². The number of anilines is 2. The van der Waals surface area contributed by atoms with E-state index >= 15 is 0 Å². The van der Waals surface area contributed by atoms with Gasteiger partial charge in [-0.05, 0) is 19.9 Å². The van der Waals surface area contributed by atoms with E-state index in [1.54, 1.807) is 6.07 Å². The van der Waals surface area contributed by atoms with Crippen LogP contribution in [0.1, 0.15) is 30.6 Å². The van der Waals surface area contributed by atoms with E-state index in [1.807, 2.05) is 18.7 Å². The average Bonchev–Trinajstić information content (AvgIpc) is 2.30. The van der Waals surface area contributed by atoms with Crippen LogP contribution in [-0.4, -0.2) is 23.5 Å². The normalized spacial score (nSPS) is 10.1. The fraction of sp³-hybridized carbons (Fsp3) is 0.417. The van der Waals surface area contributed by atoms with E-state index in [9.17, 15) is 4.79 Å². The summed E-state index contributed by atoms with van der Waals surface area (Å²) in [5.74, 6) is 0.0170. The van der Waals surface area contributed by atoms with Crippen LogP contribution in [0.15, 0.2) is 12.3 Å². The van der Waals surface area contributed by atoms with Crippen LogP contribution in [0.2, 0.25) is 0 Å². The van der Waals surface area contributed by atoms with Gasteiger partial charge in [0.25, 0.3) is 5.91 Å². The molecule has 18 heavy (non-hydrogen) atoms. The molecule has 0 bridgehead atoms. The van der Waals surface area contributed by atoms with Crippen molar-refractivity contribution in [2.75, 3.05) is 17.2 Å². The molecule has 1 heterocycles. The summed E-state index contributed by atoms with van der Waals surface area (Å²) in [5, 5.41) is 8.64. The largest absolute Gasteiger partial charge is 0.397 e. The smallest absolute Gasteiger partial charge is 0.250 e. The third kappa shape index (κ3) is 3.10. The van der Waals surface area contributed by atoms with Gasteiger partial charge in [-0.15, -0.1) is 0 Å². The maximum absolute atomic E-state index is 11.2. The number of carbonyl (C=O) groups is 1. The first-order valence-electron chi connectivity index (χ1n) is 5.66. The predicted octanol–water partition coefficient (Wildman–Crippen LogP) is 0.891. The van der Waals surface area contributed by atoms with Crippen molar-refractivity contribution in [2.24, 2.45) is 5.73 Å². The van der Waals surface area contributed by atoms with Gasteiger partial charge in [0.05, 0.1) is 29.9 Å². The van der Waals surface area contributed by atoms with Crippen molar-refractivity contribution < 1.29 is 4.79 Å². The van der Waals surface area contributed by atoms with Crippen molar-refractivity contribution in [1.82, 2.24) is 4.98 Å². The van der Waals surface area contributed by atoms with Crippen LogP contribution < -0.4 is 16.4 Å². The molecule has 0 spiro atoms. The molecule has 0 unspecified atom stereocenters. The second-order valence-corrected chi connectivity index (χ2v) is 4.19. The lowest BCUT2D eigenvalue weighted by Crippen LogP contribution is -2.32. The fourth-order valence-corrected chi connectivity index (χ4v) is 1.63. The summed E-state index contributed by atoms with van der Waals surface area (Å²) in [6.07, 6.45) is 1.80. The second kappa shape index (κ2) is 5.87.